The quantitative estimate of drug-likeness (QED) is 0.844. The van der Waals surface area contributed by atoms with Crippen LogP contribution in [0.15, 0.2) is 42.5 Å². The molecule has 0 saturated heterocycles. The Morgan fingerprint density at radius 3 is 2.38 bits per heavy atom. The van der Waals surface area contributed by atoms with Crippen LogP contribution in [0.5, 0.6) is 0 Å². The summed E-state index contributed by atoms with van der Waals surface area (Å²) in [5.74, 6) is -0.835. The first kappa shape index (κ1) is 17.7. The molecule has 4 nitrogen and oxygen atoms in total. The van der Waals surface area contributed by atoms with Gasteiger partial charge in [0.1, 0.15) is 0 Å². The largest absolute Gasteiger partial charge is 0.449 e. The van der Waals surface area contributed by atoms with Crippen LogP contribution in [0.2, 0.25) is 0 Å². The van der Waals surface area contributed by atoms with E-state index in [-0.39, 0.29) is 5.91 Å². The number of esters is 1. The van der Waals surface area contributed by atoms with Crippen molar-refractivity contribution in [3.05, 3.63) is 64.7 Å². The molecule has 0 aliphatic rings. The lowest BCUT2D eigenvalue weighted by Gasteiger charge is -2.15. The Balaban J connectivity index is 2.00. The lowest BCUT2D eigenvalue weighted by atomic mass is 10.1. The van der Waals surface area contributed by atoms with Crippen LogP contribution in [0.3, 0.4) is 0 Å². The molecule has 0 spiro atoms. The summed E-state index contributed by atoms with van der Waals surface area (Å²) in [6.07, 6.45) is 0.0706. The highest BCUT2D eigenvalue weighted by Gasteiger charge is 2.20. The zero-order valence-electron chi connectivity index (χ0n) is 14.6. The number of amides is 1. The summed E-state index contributed by atoms with van der Waals surface area (Å²) in [5.41, 5.74) is 4.17. The van der Waals surface area contributed by atoms with E-state index in [0.717, 1.165) is 17.5 Å². The molecule has 126 valence electrons. The molecule has 0 fully saturated rings. The molecule has 0 aliphatic heterocycles. The van der Waals surface area contributed by atoms with Crippen molar-refractivity contribution >= 4 is 17.6 Å². The van der Waals surface area contributed by atoms with Gasteiger partial charge in [-0.15, -0.1) is 0 Å². The average molecular weight is 325 g/mol. The molecule has 2 aromatic rings. The monoisotopic (exact) mass is 325 g/mol. The predicted octanol–water partition coefficient (Wildman–Crippen LogP) is 4.05. The molecular weight excluding hydrogens is 302 g/mol. The van der Waals surface area contributed by atoms with Crippen LogP contribution < -0.4 is 5.32 Å². The minimum atomic E-state index is -0.872. The first-order chi connectivity index (χ1) is 11.4. The fraction of sp³-hybridized carbons (Fsp3) is 0.300. The van der Waals surface area contributed by atoms with Crippen molar-refractivity contribution < 1.29 is 14.3 Å². The Morgan fingerprint density at radius 1 is 1.08 bits per heavy atom. The number of carbonyl (C=O) groups is 2. The second-order valence-corrected chi connectivity index (χ2v) is 5.91. The predicted molar refractivity (Wildman–Crippen MR) is 95.2 cm³/mol. The number of carbonyl (C=O) groups excluding carboxylic acids is 2. The Kier molecular flexibility index (Phi) is 5.74. The van der Waals surface area contributed by atoms with Gasteiger partial charge >= 0.3 is 5.97 Å². The van der Waals surface area contributed by atoms with Gasteiger partial charge in [-0.05, 0) is 56.5 Å². The van der Waals surface area contributed by atoms with Crippen LogP contribution in [0.25, 0.3) is 0 Å². The van der Waals surface area contributed by atoms with E-state index in [4.69, 9.17) is 4.74 Å². The molecule has 2 rings (SSSR count). The molecular formula is C20H23NO3. The second-order valence-electron chi connectivity index (χ2n) is 5.91. The summed E-state index contributed by atoms with van der Waals surface area (Å²) >= 11 is 0. The van der Waals surface area contributed by atoms with Gasteiger partial charge in [-0.1, -0.05) is 36.8 Å². The van der Waals surface area contributed by atoms with Crippen molar-refractivity contribution in [3.8, 4) is 0 Å². The highest BCUT2D eigenvalue weighted by molar-refractivity contribution is 5.97. The standard InChI is InChI=1S/C20H23NO3/c1-5-16-8-10-17(11-9-16)21-19(22)15(4)24-20(23)18-12-13(2)6-7-14(18)3/h6-12,15H,5H2,1-4H3,(H,21,22)/t15-/m0/s1. The molecule has 24 heavy (non-hydrogen) atoms. The van der Waals surface area contributed by atoms with Crippen molar-refractivity contribution in [1.82, 2.24) is 0 Å². The number of hydrogen-bond acceptors (Lipinski definition) is 3. The van der Waals surface area contributed by atoms with E-state index >= 15 is 0 Å². The molecule has 0 radical (unpaired) electrons. The third kappa shape index (κ3) is 4.44. The van der Waals surface area contributed by atoms with E-state index in [9.17, 15) is 9.59 Å². The Bertz CT molecular complexity index is 735. The highest BCUT2D eigenvalue weighted by Crippen LogP contribution is 2.14. The van der Waals surface area contributed by atoms with Crippen molar-refractivity contribution in [3.63, 3.8) is 0 Å². The maximum absolute atomic E-state index is 12.3. The Labute approximate surface area is 142 Å². The fourth-order valence-corrected chi connectivity index (χ4v) is 2.30. The molecule has 0 saturated carbocycles. The molecule has 0 unspecified atom stereocenters. The molecule has 0 aliphatic carbocycles. The van der Waals surface area contributed by atoms with Crippen LogP contribution in [-0.4, -0.2) is 18.0 Å². The van der Waals surface area contributed by atoms with Crippen LogP contribution >= 0.6 is 0 Å². The first-order valence-electron chi connectivity index (χ1n) is 8.08. The lowest BCUT2D eigenvalue weighted by molar-refractivity contribution is -0.123. The summed E-state index contributed by atoms with van der Waals surface area (Å²) in [6.45, 7) is 7.39. The minimum Gasteiger partial charge on any atom is -0.449 e. The summed E-state index contributed by atoms with van der Waals surface area (Å²) in [4.78, 5) is 24.5. The van der Waals surface area contributed by atoms with Crippen LogP contribution in [0, 0.1) is 13.8 Å². The number of rotatable bonds is 5. The maximum atomic E-state index is 12.3. The van der Waals surface area contributed by atoms with Gasteiger partial charge in [0.15, 0.2) is 6.10 Å². The zero-order valence-corrected chi connectivity index (χ0v) is 14.6. The van der Waals surface area contributed by atoms with Crippen molar-refractivity contribution in [2.24, 2.45) is 0 Å². The lowest BCUT2D eigenvalue weighted by Crippen LogP contribution is -2.30. The molecule has 2 aromatic carbocycles. The minimum absolute atomic E-state index is 0.349. The third-order valence-corrected chi connectivity index (χ3v) is 3.90. The summed E-state index contributed by atoms with van der Waals surface area (Å²) in [7, 11) is 0. The van der Waals surface area contributed by atoms with Crippen molar-refractivity contribution in [1.29, 1.82) is 0 Å². The second kappa shape index (κ2) is 7.77. The van der Waals surface area contributed by atoms with E-state index in [1.807, 2.05) is 50.2 Å². The summed E-state index contributed by atoms with van der Waals surface area (Å²) in [6, 6.07) is 13.2. The fourth-order valence-electron chi connectivity index (χ4n) is 2.30. The van der Waals surface area contributed by atoms with Crippen molar-refractivity contribution in [2.45, 2.75) is 40.2 Å². The molecule has 0 bridgehead atoms. The van der Waals surface area contributed by atoms with Gasteiger partial charge in [0.25, 0.3) is 5.91 Å². The van der Waals surface area contributed by atoms with Crippen LogP contribution in [0.4, 0.5) is 5.69 Å². The number of anilines is 1. The molecule has 4 heteroatoms. The van der Waals surface area contributed by atoms with Gasteiger partial charge in [0.05, 0.1) is 5.56 Å². The topological polar surface area (TPSA) is 55.4 Å². The van der Waals surface area contributed by atoms with E-state index < -0.39 is 12.1 Å². The van der Waals surface area contributed by atoms with Gasteiger partial charge < -0.3 is 10.1 Å². The average Bonchev–Trinajstić information content (AvgIpc) is 2.57. The van der Waals surface area contributed by atoms with Gasteiger partial charge in [-0.2, -0.15) is 0 Å². The number of benzene rings is 2. The van der Waals surface area contributed by atoms with Crippen LogP contribution in [-0.2, 0) is 16.0 Å². The Morgan fingerprint density at radius 2 is 1.75 bits per heavy atom. The number of nitrogens with one attached hydrogen (secondary N) is 1. The van der Waals surface area contributed by atoms with Gasteiger partial charge in [0.2, 0.25) is 0 Å². The zero-order chi connectivity index (χ0) is 17.7. The van der Waals surface area contributed by atoms with E-state index in [1.165, 1.54) is 5.56 Å². The maximum Gasteiger partial charge on any atom is 0.339 e. The van der Waals surface area contributed by atoms with Gasteiger partial charge in [0, 0.05) is 5.69 Å². The van der Waals surface area contributed by atoms with Crippen molar-refractivity contribution in [2.75, 3.05) is 5.32 Å². The Hall–Kier alpha value is -2.62. The highest BCUT2D eigenvalue weighted by atomic mass is 16.5. The smallest absolute Gasteiger partial charge is 0.339 e. The van der Waals surface area contributed by atoms with E-state index in [0.29, 0.717) is 11.3 Å². The molecule has 1 atom stereocenters. The first-order valence-corrected chi connectivity index (χ1v) is 8.08. The van der Waals surface area contributed by atoms with E-state index in [2.05, 4.69) is 12.2 Å². The molecule has 0 aromatic heterocycles. The van der Waals surface area contributed by atoms with E-state index in [1.54, 1.807) is 13.0 Å². The van der Waals surface area contributed by atoms with Gasteiger partial charge in [-0.3, -0.25) is 4.79 Å². The summed E-state index contributed by atoms with van der Waals surface area (Å²) in [5, 5.41) is 2.76. The SMILES string of the molecule is CCc1ccc(NC(=O)[C@H](C)OC(=O)c2cc(C)ccc2C)cc1. The normalized spacial score (nSPS) is 11.7. The molecule has 1 N–H and O–H groups in total. The molecule has 1 amide bonds. The number of hydrogen-bond donors (Lipinski definition) is 1. The molecule has 0 heterocycles. The number of aryl methyl sites for hydroxylation is 3. The van der Waals surface area contributed by atoms with Gasteiger partial charge in [-0.25, -0.2) is 4.79 Å². The third-order valence-electron chi connectivity index (χ3n) is 3.90. The summed E-state index contributed by atoms with van der Waals surface area (Å²) < 4.78 is 5.30. The van der Waals surface area contributed by atoms with Crippen LogP contribution in [0.1, 0.15) is 40.9 Å². The number of ether oxygens (including phenoxy) is 1.